The van der Waals surface area contributed by atoms with Crippen molar-refractivity contribution in [3.8, 4) is 0 Å². The molecule has 0 amide bonds. The molecule has 0 aromatic heterocycles. The van der Waals surface area contributed by atoms with Crippen LogP contribution in [0.15, 0.2) is 18.2 Å². The number of hydrogen-bond donors (Lipinski definition) is 1. The van der Waals surface area contributed by atoms with Gasteiger partial charge in [0.05, 0.1) is 6.61 Å². The number of ether oxygens (including phenoxy) is 1. The van der Waals surface area contributed by atoms with Gasteiger partial charge in [-0.1, -0.05) is 32.0 Å². The minimum absolute atomic E-state index is 0.339. The van der Waals surface area contributed by atoms with E-state index in [-0.39, 0.29) is 0 Å². The molecule has 100 valence electrons. The Morgan fingerprint density at radius 1 is 1.28 bits per heavy atom. The van der Waals surface area contributed by atoms with E-state index in [9.17, 15) is 4.79 Å². The lowest BCUT2D eigenvalue weighted by Crippen LogP contribution is -2.28. The Morgan fingerprint density at radius 2 is 1.94 bits per heavy atom. The van der Waals surface area contributed by atoms with Gasteiger partial charge in [-0.25, -0.2) is 4.79 Å². The van der Waals surface area contributed by atoms with Crippen molar-refractivity contribution in [1.29, 1.82) is 0 Å². The quantitative estimate of drug-likeness (QED) is 0.844. The van der Waals surface area contributed by atoms with Crippen molar-refractivity contribution >= 4 is 5.97 Å². The van der Waals surface area contributed by atoms with E-state index in [2.05, 4.69) is 0 Å². The molecule has 0 aliphatic rings. The monoisotopic (exact) mass is 250 g/mol. The Hall–Kier alpha value is -1.35. The minimum Gasteiger partial charge on any atom is -0.479 e. The number of carbonyl (C=O) groups is 1. The molecule has 1 aromatic carbocycles. The molecule has 1 rings (SSSR count). The normalized spacial score (nSPS) is 12.7. The van der Waals surface area contributed by atoms with Gasteiger partial charge in [-0.05, 0) is 36.5 Å². The number of rotatable bonds is 6. The van der Waals surface area contributed by atoms with Gasteiger partial charge in [-0.3, -0.25) is 0 Å². The van der Waals surface area contributed by atoms with Crippen LogP contribution >= 0.6 is 0 Å². The summed E-state index contributed by atoms with van der Waals surface area (Å²) in [7, 11) is 0. The zero-order valence-electron chi connectivity index (χ0n) is 11.6. The third-order valence-electron chi connectivity index (χ3n) is 2.90. The van der Waals surface area contributed by atoms with E-state index in [0.29, 0.717) is 18.9 Å². The highest BCUT2D eigenvalue weighted by Gasteiger charge is 2.19. The first kappa shape index (κ1) is 14.7. The fraction of sp³-hybridized carbons (Fsp3) is 0.533. The summed E-state index contributed by atoms with van der Waals surface area (Å²) in [5.41, 5.74) is 3.41. The molecule has 3 heteroatoms. The van der Waals surface area contributed by atoms with Gasteiger partial charge in [0, 0.05) is 6.42 Å². The summed E-state index contributed by atoms with van der Waals surface area (Å²) >= 11 is 0. The second-order valence-electron chi connectivity index (χ2n) is 5.18. The molecule has 0 saturated heterocycles. The van der Waals surface area contributed by atoms with Crippen LogP contribution in [0.25, 0.3) is 0 Å². The molecular weight excluding hydrogens is 228 g/mol. The lowest BCUT2D eigenvalue weighted by Gasteiger charge is -2.16. The number of aryl methyl sites for hydroxylation is 2. The number of hydrogen-bond acceptors (Lipinski definition) is 2. The van der Waals surface area contributed by atoms with Crippen LogP contribution in [0.1, 0.15) is 30.5 Å². The van der Waals surface area contributed by atoms with Crippen LogP contribution in [0, 0.1) is 19.8 Å². The maximum absolute atomic E-state index is 11.1. The largest absolute Gasteiger partial charge is 0.479 e. The Labute approximate surface area is 109 Å². The van der Waals surface area contributed by atoms with Gasteiger partial charge >= 0.3 is 5.97 Å². The Morgan fingerprint density at radius 3 is 2.44 bits per heavy atom. The zero-order valence-corrected chi connectivity index (χ0v) is 11.6. The van der Waals surface area contributed by atoms with Crippen LogP contribution in [-0.2, 0) is 16.0 Å². The number of carboxylic acid groups (broad SMARTS) is 1. The Kier molecular flexibility index (Phi) is 5.35. The molecule has 0 heterocycles. The number of benzene rings is 1. The molecule has 0 fully saturated rings. The molecule has 0 unspecified atom stereocenters. The van der Waals surface area contributed by atoms with E-state index in [1.54, 1.807) is 0 Å². The molecule has 3 nitrogen and oxygen atoms in total. The first-order chi connectivity index (χ1) is 8.40. The van der Waals surface area contributed by atoms with Crippen molar-refractivity contribution < 1.29 is 14.6 Å². The van der Waals surface area contributed by atoms with Gasteiger partial charge in [-0.15, -0.1) is 0 Å². The van der Waals surface area contributed by atoms with Gasteiger partial charge in [0.1, 0.15) is 0 Å². The molecule has 0 aliphatic carbocycles. The summed E-state index contributed by atoms with van der Waals surface area (Å²) in [6.45, 7) is 8.57. The maximum Gasteiger partial charge on any atom is 0.333 e. The fourth-order valence-electron chi connectivity index (χ4n) is 1.67. The average Bonchev–Trinajstić information content (AvgIpc) is 2.28. The summed E-state index contributed by atoms with van der Waals surface area (Å²) in [6, 6.07) is 6.02. The molecule has 1 atom stereocenters. The summed E-state index contributed by atoms with van der Waals surface area (Å²) in [5, 5.41) is 9.15. The van der Waals surface area contributed by atoms with Crippen molar-refractivity contribution in [1.82, 2.24) is 0 Å². The van der Waals surface area contributed by atoms with Crippen molar-refractivity contribution in [2.75, 3.05) is 6.61 Å². The van der Waals surface area contributed by atoms with Crippen molar-refractivity contribution in [3.05, 3.63) is 34.9 Å². The van der Waals surface area contributed by atoms with Crippen LogP contribution in [0.3, 0.4) is 0 Å². The first-order valence-corrected chi connectivity index (χ1v) is 6.30. The lowest BCUT2D eigenvalue weighted by molar-refractivity contribution is -0.150. The highest BCUT2D eigenvalue weighted by Crippen LogP contribution is 2.13. The number of aliphatic carboxylic acids is 1. The molecule has 0 saturated carbocycles. The van der Waals surface area contributed by atoms with Crippen LogP contribution < -0.4 is 0 Å². The Bertz CT molecular complexity index is 410. The van der Waals surface area contributed by atoms with Crippen molar-refractivity contribution in [2.24, 2.45) is 5.92 Å². The summed E-state index contributed by atoms with van der Waals surface area (Å²) in [5.74, 6) is -0.555. The highest BCUT2D eigenvalue weighted by atomic mass is 16.5. The van der Waals surface area contributed by atoms with Gasteiger partial charge in [0.2, 0.25) is 0 Å². The van der Waals surface area contributed by atoms with E-state index in [4.69, 9.17) is 9.84 Å². The predicted molar refractivity (Wildman–Crippen MR) is 71.8 cm³/mol. The SMILES string of the molecule is Cc1ccc(C[C@@H](OCC(C)C)C(=O)O)cc1C. The standard InChI is InChI=1S/C15H22O3/c1-10(2)9-18-14(15(16)17)8-13-6-5-11(3)12(4)7-13/h5-7,10,14H,8-9H2,1-4H3,(H,16,17)/t14-/m1/s1. The molecule has 0 spiro atoms. The van der Waals surface area contributed by atoms with Gasteiger partial charge in [-0.2, -0.15) is 0 Å². The molecule has 18 heavy (non-hydrogen) atoms. The third-order valence-corrected chi connectivity index (χ3v) is 2.90. The fourth-order valence-corrected chi connectivity index (χ4v) is 1.67. The molecule has 1 N–H and O–H groups in total. The van der Waals surface area contributed by atoms with Crippen LogP contribution in [0.4, 0.5) is 0 Å². The molecule has 0 radical (unpaired) electrons. The van der Waals surface area contributed by atoms with E-state index in [0.717, 1.165) is 5.56 Å². The zero-order chi connectivity index (χ0) is 13.7. The van der Waals surface area contributed by atoms with E-state index in [1.165, 1.54) is 11.1 Å². The first-order valence-electron chi connectivity index (χ1n) is 6.30. The number of carboxylic acids is 1. The lowest BCUT2D eigenvalue weighted by atomic mass is 10.0. The summed E-state index contributed by atoms with van der Waals surface area (Å²) in [6.07, 6.45) is -0.335. The predicted octanol–water partition coefficient (Wildman–Crippen LogP) is 2.97. The van der Waals surface area contributed by atoms with Gasteiger partial charge < -0.3 is 9.84 Å². The molecule has 0 bridgehead atoms. The smallest absolute Gasteiger partial charge is 0.333 e. The minimum atomic E-state index is -0.895. The Balaban J connectivity index is 2.70. The molecular formula is C15H22O3. The average molecular weight is 250 g/mol. The molecule has 0 aliphatic heterocycles. The summed E-state index contributed by atoms with van der Waals surface area (Å²) in [4.78, 5) is 11.1. The van der Waals surface area contributed by atoms with Crippen LogP contribution in [-0.4, -0.2) is 23.8 Å². The maximum atomic E-state index is 11.1. The van der Waals surface area contributed by atoms with Gasteiger partial charge in [0.15, 0.2) is 6.10 Å². The van der Waals surface area contributed by atoms with Crippen molar-refractivity contribution in [2.45, 2.75) is 40.2 Å². The van der Waals surface area contributed by atoms with E-state index >= 15 is 0 Å². The van der Waals surface area contributed by atoms with E-state index in [1.807, 2.05) is 45.9 Å². The second-order valence-corrected chi connectivity index (χ2v) is 5.18. The van der Waals surface area contributed by atoms with Crippen LogP contribution in [0.2, 0.25) is 0 Å². The van der Waals surface area contributed by atoms with Gasteiger partial charge in [0.25, 0.3) is 0 Å². The third kappa shape index (κ3) is 4.49. The van der Waals surface area contributed by atoms with Crippen LogP contribution in [0.5, 0.6) is 0 Å². The van der Waals surface area contributed by atoms with Crippen molar-refractivity contribution in [3.63, 3.8) is 0 Å². The topological polar surface area (TPSA) is 46.5 Å². The van der Waals surface area contributed by atoms with E-state index < -0.39 is 12.1 Å². The highest BCUT2D eigenvalue weighted by molar-refractivity contribution is 5.72. The second kappa shape index (κ2) is 6.55. The molecule has 1 aromatic rings. The summed E-state index contributed by atoms with van der Waals surface area (Å²) < 4.78 is 5.44.